The van der Waals surface area contributed by atoms with Crippen LogP contribution in [0.2, 0.25) is 0 Å². The minimum absolute atomic E-state index is 0.0937. The molecule has 0 amide bonds. The van der Waals surface area contributed by atoms with Gasteiger partial charge in [-0.05, 0) is 36.5 Å². The van der Waals surface area contributed by atoms with Crippen molar-refractivity contribution in [2.75, 3.05) is 0 Å². The Morgan fingerprint density at radius 1 is 1.20 bits per heavy atom. The van der Waals surface area contributed by atoms with Gasteiger partial charge in [-0.1, -0.05) is 25.0 Å². The molecule has 2 rings (SSSR count). The number of halogens is 3. The van der Waals surface area contributed by atoms with Gasteiger partial charge in [-0.25, -0.2) is 0 Å². The molecule has 0 nitrogen and oxygen atoms in total. The summed E-state index contributed by atoms with van der Waals surface area (Å²) in [6.45, 7) is 0. The summed E-state index contributed by atoms with van der Waals surface area (Å²) in [7, 11) is 0. The average molecular weight is 213 g/mol. The maximum absolute atomic E-state index is 12.7. The van der Waals surface area contributed by atoms with Crippen LogP contribution in [0.3, 0.4) is 0 Å². The van der Waals surface area contributed by atoms with E-state index in [0.29, 0.717) is 5.56 Å². The summed E-state index contributed by atoms with van der Waals surface area (Å²) < 4.78 is 38.0. The molecule has 1 radical (unpaired) electrons. The molecular formula is C12H12F3. The molecular weight excluding hydrogens is 201 g/mol. The lowest BCUT2D eigenvalue weighted by Crippen LogP contribution is -2.10. The van der Waals surface area contributed by atoms with Crippen molar-refractivity contribution in [2.45, 2.75) is 37.8 Å². The first-order chi connectivity index (χ1) is 7.09. The summed E-state index contributed by atoms with van der Waals surface area (Å²) in [6, 6.07) is 6.72. The average Bonchev–Trinajstić information content (AvgIpc) is 2.69. The van der Waals surface area contributed by atoms with Crippen molar-refractivity contribution in [3.05, 3.63) is 35.4 Å². The van der Waals surface area contributed by atoms with Gasteiger partial charge in [0, 0.05) is 0 Å². The van der Waals surface area contributed by atoms with Gasteiger partial charge < -0.3 is 0 Å². The van der Waals surface area contributed by atoms with Gasteiger partial charge in [0.1, 0.15) is 0 Å². The molecule has 0 heterocycles. The van der Waals surface area contributed by atoms with Crippen LogP contribution in [0.5, 0.6) is 0 Å². The van der Waals surface area contributed by atoms with E-state index in [1.807, 2.05) is 0 Å². The second kappa shape index (κ2) is 3.87. The third-order valence-corrected chi connectivity index (χ3v) is 3.00. The first kappa shape index (κ1) is 10.5. The Kier molecular flexibility index (Phi) is 2.72. The summed E-state index contributed by atoms with van der Waals surface area (Å²) >= 11 is 0. The highest BCUT2D eigenvalue weighted by Gasteiger charge is 2.35. The van der Waals surface area contributed by atoms with Gasteiger partial charge in [0.05, 0.1) is 5.56 Å². The standard InChI is InChI=1S/C12H12F3/c13-12(14,15)11-8-4-3-7-10(11)9-5-1-2-6-9/h3,7-9H,1-2,5-6H2. The fraction of sp³-hybridized carbons (Fsp3) is 0.500. The van der Waals surface area contributed by atoms with Crippen LogP contribution in [0, 0.1) is 6.07 Å². The molecule has 1 aliphatic carbocycles. The maximum Gasteiger partial charge on any atom is 0.416 e. The van der Waals surface area contributed by atoms with Crippen LogP contribution >= 0.6 is 0 Å². The van der Waals surface area contributed by atoms with Gasteiger partial charge in [0.25, 0.3) is 0 Å². The van der Waals surface area contributed by atoms with E-state index in [0.717, 1.165) is 31.7 Å². The Morgan fingerprint density at radius 2 is 1.87 bits per heavy atom. The molecule has 15 heavy (non-hydrogen) atoms. The van der Waals surface area contributed by atoms with Crippen LogP contribution in [-0.2, 0) is 6.18 Å². The third kappa shape index (κ3) is 2.16. The number of hydrogen-bond donors (Lipinski definition) is 0. The van der Waals surface area contributed by atoms with E-state index in [1.54, 1.807) is 12.1 Å². The highest BCUT2D eigenvalue weighted by molar-refractivity contribution is 5.32. The maximum atomic E-state index is 12.7. The Balaban J connectivity index is 2.37. The second-order valence-corrected chi connectivity index (χ2v) is 3.99. The van der Waals surface area contributed by atoms with Gasteiger partial charge >= 0.3 is 6.18 Å². The van der Waals surface area contributed by atoms with Crippen molar-refractivity contribution in [2.24, 2.45) is 0 Å². The molecule has 0 spiro atoms. The van der Waals surface area contributed by atoms with Crippen molar-refractivity contribution in [3.63, 3.8) is 0 Å². The van der Waals surface area contributed by atoms with E-state index >= 15 is 0 Å². The Labute approximate surface area is 87.1 Å². The lowest BCUT2D eigenvalue weighted by molar-refractivity contribution is -0.138. The van der Waals surface area contributed by atoms with Crippen LogP contribution in [0.25, 0.3) is 0 Å². The molecule has 0 aliphatic heterocycles. The summed E-state index contributed by atoms with van der Waals surface area (Å²) in [4.78, 5) is 0. The van der Waals surface area contributed by atoms with Crippen LogP contribution in [0.1, 0.15) is 42.7 Å². The minimum Gasteiger partial charge on any atom is -0.166 e. The Hall–Kier alpha value is -0.990. The van der Waals surface area contributed by atoms with E-state index in [4.69, 9.17) is 0 Å². The predicted octanol–water partition coefficient (Wildman–Crippen LogP) is 4.16. The number of alkyl halides is 3. The molecule has 1 fully saturated rings. The summed E-state index contributed by atoms with van der Waals surface area (Å²) in [6.07, 6.45) is -0.392. The van der Waals surface area contributed by atoms with Gasteiger partial charge in [0.15, 0.2) is 0 Å². The normalized spacial score (nSPS) is 18.3. The molecule has 0 aromatic heterocycles. The number of benzene rings is 1. The summed E-state index contributed by atoms with van der Waals surface area (Å²) in [5.41, 5.74) is -0.0457. The predicted molar refractivity (Wildman–Crippen MR) is 51.5 cm³/mol. The third-order valence-electron chi connectivity index (χ3n) is 3.00. The first-order valence-electron chi connectivity index (χ1n) is 5.16. The zero-order chi connectivity index (χ0) is 10.9. The monoisotopic (exact) mass is 213 g/mol. The second-order valence-electron chi connectivity index (χ2n) is 3.99. The highest BCUT2D eigenvalue weighted by Crippen LogP contribution is 2.41. The van der Waals surface area contributed by atoms with Crippen molar-refractivity contribution in [3.8, 4) is 0 Å². The number of hydrogen-bond acceptors (Lipinski definition) is 0. The lowest BCUT2D eigenvalue weighted by atomic mass is 9.93. The molecule has 81 valence electrons. The van der Waals surface area contributed by atoms with E-state index in [9.17, 15) is 13.2 Å². The van der Waals surface area contributed by atoms with E-state index in [2.05, 4.69) is 6.07 Å². The molecule has 0 N–H and O–H groups in total. The summed E-state index contributed by atoms with van der Waals surface area (Å²) in [5, 5.41) is 0. The topological polar surface area (TPSA) is 0 Å². The van der Waals surface area contributed by atoms with Crippen molar-refractivity contribution in [1.82, 2.24) is 0 Å². The van der Waals surface area contributed by atoms with E-state index < -0.39 is 11.7 Å². The Morgan fingerprint density at radius 3 is 2.47 bits per heavy atom. The fourth-order valence-corrected chi connectivity index (χ4v) is 2.28. The van der Waals surface area contributed by atoms with Gasteiger partial charge in [0.2, 0.25) is 0 Å². The largest absolute Gasteiger partial charge is 0.416 e. The lowest BCUT2D eigenvalue weighted by Gasteiger charge is -2.16. The molecule has 3 heteroatoms. The highest BCUT2D eigenvalue weighted by atomic mass is 19.4. The van der Waals surface area contributed by atoms with Crippen molar-refractivity contribution >= 4 is 0 Å². The van der Waals surface area contributed by atoms with Gasteiger partial charge in [-0.2, -0.15) is 13.2 Å². The van der Waals surface area contributed by atoms with E-state index in [1.165, 1.54) is 0 Å². The molecule has 0 bridgehead atoms. The zero-order valence-corrected chi connectivity index (χ0v) is 8.27. The molecule has 1 aromatic carbocycles. The van der Waals surface area contributed by atoms with Crippen LogP contribution < -0.4 is 0 Å². The van der Waals surface area contributed by atoms with Crippen molar-refractivity contribution < 1.29 is 13.2 Å². The molecule has 0 atom stereocenters. The molecule has 1 aromatic rings. The summed E-state index contributed by atoms with van der Waals surface area (Å²) in [5.74, 6) is 0.0937. The van der Waals surface area contributed by atoms with E-state index in [-0.39, 0.29) is 5.92 Å². The minimum atomic E-state index is -4.24. The van der Waals surface area contributed by atoms with Crippen LogP contribution in [-0.4, -0.2) is 0 Å². The number of rotatable bonds is 1. The first-order valence-corrected chi connectivity index (χ1v) is 5.16. The quantitative estimate of drug-likeness (QED) is 0.657. The fourth-order valence-electron chi connectivity index (χ4n) is 2.28. The Bertz CT molecular complexity index is 335. The molecule has 0 saturated heterocycles. The zero-order valence-electron chi connectivity index (χ0n) is 8.27. The van der Waals surface area contributed by atoms with Gasteiger partial charge in [-0.15, -0.1) is 0 Å². The van der Waals surface area contributed by atoms with Crippen LogP contribution in [0.4, 0.5) is 13.2 Å². The van der Waals surface area contributed by atoms with Gasteiger partial charge in [-0.3, -0.25) is 0 Å². The van der Waals surface area contributed by atoms with Crippen LogP contribution in [0.15, 0.2) is 18.2 Å². The molecule has 0 unspecified atom stereocenters. The smallest absolute Gasteiger partial charge is 0.166 e. The molecule has 1 saturated carbocycles. The molecule has 1 aliphatic rings. The van der Waals surface area contributed by atoms with Crippen molar-refractivity contribution in [1.29, 1.82) is 0 Å². The SMILES string of the molecule is FC(F)(F)c1c[c]ccc1C1CCCC1.